The van der Waals surface area contributed by atoms with E-state index in [9.17, 15) is 9.59 Å². The van der Waals surface area contributed by atoms with Gasteiger partial charge in [0.05, 0.1) is 0 Å². The summed E-state index contributed by atoms with van der Waals surface area (Å²) in [7, 11) is 2.09. The van der Waals surface area contributed by atoms with Gasteiger partial charge in [0.1, 0.15) is 6.04 Å². The molecule has 1 rings (SSSR count). The van der Waals surface area contributed by atoms with Gasteiger partial charge in [0, 0.05) is 6.54 Å². The van der Waals surface area contributed by atoms with Crippen molar-refractivity contribution in [3.63, 3.8) is 0 Å². The summed E-state index contributed by atoms with van der Waals surface area (Å²) in [6.07, 6.45) is 2.14. The highest BCUT2D eigenvalue weighted by molar-refractivity contribution is 5.83. The number of carbonyl (C=O) groups excluding carboxylic acids is 1. The predicted octanol–water partition coefficient (Wildman–Crippen LogP) is 1.13. The van der Waals surface area contributed by atoms with Gasteiger partial charge in [-0.15, -0.1) is 0 Å². The molecule has 2 amide bonds. The van der Waals surface area contributed by atoms with Crippen LogP contribution in [-0.4, -0.2) is 54.7 Å². The van der Waals surface area contributed by atoms with Gasteiger partial charge < -0.3 is 20.6 Å². The maximum absolute atomic E-state index is 11.8. The molecule has 0 spiro atoms. The fourth-order valence-electron chi connectivity index (χ4n) is 2.33. The largest absolute Gasteiger partial charge is 0.480 e. The summed E-state index contributed by atoms with van der Waals surface area (Å²) in [5.74, 6) is -0.526. The third kappa shape index (κ3) is 5.36. The molecule has 1 atom stereocenters. The molecule has 6 nitrogen and oxygen atoms in total. The highest BCUT2D eigenvalue weighted by Crippen LogP contribution is 2.19. The predicted molar refractivity (Wildman–Crippen MR) is 77.6 cm³/mol. The molecule has 1 saturated heterocycles. The first-order valence-electron chi connectivity index (χ1n) is 7.16. The van der Waals surface area contributed by atoms with Crippen molar-refractivity contribution < 1.29 is 14.7 Å². The number of nitrogens with one attached hydrogen (secondary N) is 2. The molecule has 116 valence electrons. The Kier molecular flexibility index (Phi) is 5.80. The second-order valence-electron chi connectivity index (χ2n) is 6.74. The lowest BCUT2D eigenvalue weighted by Gasteiger charge is -2.30. The van der Waals surface area contributed by atoms with Crippen LogP contribution in [0.2, 0.25) is 0 Å². The first-order valence-corrected chi connectivity index (χ1v) is 7.16. The number of urea groups is 1. The summed E-state index contributed by atoms with van der Waals surface area (Å²) in [5, 5.41) is 14.5. The van der Waals surface area contributed by atoms with Gasteiger partial charge in [-0.25, -0.2) is 9.59 Å². The van der Waals surface area contributed by atoms with Crippen LogP contribution < -0.4 is 10.6 Å². The lowest BCUT2D eigenvalue weighted by Crippen LogP contribution is -2.53. The van der Waals surface area contributed by atoms with Crippen molar-refractivity contribution >= 4 is 12.0 Å². The van der Waals surface area contributed by atoms with Crippen LogP contribution in [0.25, 0.3) is 0 Å². The van der Waals surface area contributed by atoms with Crippen LogP contribution in [0.15, 0.2) is 0 Å². The van der Waals surface area contributed by atoms with Crippen LogP contribution in [0.3, 0.4) is 0 Å². The zero-order valence-electron chi connectivity index (χ0n) is 12.9. The minimum atomic E-state index is -1.01. The highest BCUT2D eigenvalue weighted by Gasteiger charge is 2.32. The number of carboxylic acids is 1. The molecule has 0 aromatic heterocycles. The van der Waals surface area contributed by atoms with Crippen LogP contribution >= 0.6 is 0 Å². The van der Waals surface area contributed by atoms with Crippen molar-refractivity contribution in [2.24, 2.45) is 11.3 Å². The van der Waals surface area contributed by atoms with Gasteiger partial charge in [-0.3, -0.25) is 0 Å². The number of aliphatic carboxylic acids is 1. The van der Waals surface area contributed by atoms with E-state index in [4.69, 9.17) is 5.11 Å². The maximum Gasteiger partial charge on any atom is 0.326 e. The highest BCUT2D eigenvalue weighted by atomic mass is 16.4. The smallest absolute Gasteiger partial charge is 0.326 e. The molecule has 1 aliphatic rings. The Morgan fingerprint density at radius 1 is 1.30 bits per heavy atom. The molecular formula is C14H27N3O3. The zero-order valence-corrected chi connectivity index (χ0v) is 12.9. The van der Waals surface area contributed by atoms with Crippen LogP contribution in [0, 0.1) is 11.3 Å². The molecule has 6 heteroatoms. The summed E-state index contributed by atoms with van der Waals surface area (Å²) < 4.78 is 0. The van der Waals surface area contributed by atoms with Gasteiger partial charge in [-0.1, -0.05) is 20.8 Å². The summed E-state index contributed by atoms with van der Waals surface area (Å²) in [5.41, 5.74) is -0.517. The number of nitrogens with zero attached hydrogens (tertiary/aromatic N) is 1. The lowest BCUT2D eigenvalue weighted by molar-refractivity contribution is -0.141. The van der Waals surface area contributed by atoms with E-state index in [1.54, 1.807) is 20.8 Å². The van der Waals surface area contributed by atoms with Crippen molar-refractivity contribution in [3.05, 3.63) is 0 Å². The van der Waals surface area contributed by atoms with Gasteiger partial charge in [0.15, 0.2) is 0 Å². The number of amides is 2. The third-order valence-corrected chi connectivity index (χ3v) is 3.78. The standard InChI is InChI=1S/C14H27N3O3/c1-14(2,3)11(12(18)19)16-13(20)15-9-10-5-7-17(4)8-6-10/h10-11H,5-9H2,1-4H3,(H,18,19)(H2,15,16,20)/t11-/m1/s1. The van der Waals surface area contributed by atoms with E-state index in [2.05, 4.69) is 22.6 Å². The Morgan fingerprint density at radius 2 is 1.85 bits per heavy atom. The molecule has 1 aliphatic heterocycles. The van der Waals surface area contributed by atoms with E-state index in [0.717, 1.165) is 25.9 Å². The summed E-state index contributed by atoms with van der Waals surface area (Å²) in [6.45, 7) is 8.09. The first kappa shape index (κ1) is 16.8. The van der Waals surface area contributed by atoms with Crippen molar-refractivity contribution in [2.75, 3.05) is 26.7 Å². The monoisotopic (exact) mass is 285 g/mol. The Hall–Kier alpha value is -1.30. The summed E-state index contributed by atoms with van der Waals surface area (Å²) in [6, 6.07) is -1.29. The molecule has 20 heavy (non-hydrogen) atoms. The Morgan fingerprint density at radius 3 is 2.30 bits per heavy atom. The number of carboxylic acid groups (broad SMARTS) is 1. The van der Waals surface area contributed by atoms with Gasteiger partial charge in [-0.2, -0.15) is 0 Å². The van der Waals surface area contributed by atoms with Gasteiger partial charge in [-0.05, 0) is 44.3 Å². The van der Waals surface area contributed by atoms with Crippen molar-refractivity contribution in [3.8, 4) is 0 Å². The quantitative estimate of drug-likeness (QED) is 0.723. The number of hydrogen-bond donors (Lipinski definition) is 3. The van der Waals surface area contributed by atoms with E-state index in [-0.39, 0.29) is 0 Å². The molecule has 1 fully saturated rings. The topological polar surface area (TPSA) is 81.7 Å². The van der Waals surface area contributed by atoms with E-state index in [0.29, 0.717) is 12.5 Å². The fourth-order valence-corrected chi connectivity index (χ4v) is 2.33. The molecule has 3 N–H and O–H groups in total. The fraction of sp³-hybridized carbons (Fsp3) is 0.857. The molecule has 0 radical (unpaired) electrons. The van der Waals surface area contributed by atoms with Crippen LogP contribution in [0.4, 0.5) is 4.79 Å². The zero-order chi connectivity index (χ0) is 15.3. The molecule has 0 aromatic carbocycles. The number of carbonyl (C=O) groups is 2. The minimum absolute atomic E-state index is 0.397. The van der Waals surface area contributed by atoms with Crippen molar-refractivity contribution in [1.82, 2.24) is 15.5 Å². The first-order chi connectivity index (χ1) is 9.20. The van der Waals surface area contributed by atoms with E-state index >= 15 is 0 Å². The van der Waals surface area contributed by atoms with Crippen molar-refractivity contribution in [2.45, 2.75) is 39.7 Å². The molecule has 0 aromatic rings. The molecule has 0 aliphatic carbocycles. The average Bonchev–Trinajstić information content (AvgIpc) is 2.33. The maximum atomic E-state index is 11.8. The Balaban J connectivity index is 2.37. The van der Waals surface area contributed by atoms with Gasteiger partial charge in [0.25, 0.3) is 0 Å². The van der Waals surface area contributed by atoms with E-state index < -0.39 is 23.5 Å². The van der Waals surface area contributed by atoms with Gasteiger partial charge in [0.2, 0.25) is 0 Å². The van der Waals surface area contributed by atoms with E-state index in [1.165, 1.54) is 0 Å². The summed E-state index contributed by atoms with van der Waals surface area (Å²) in [4.78, 5) is 25.3. The van der Waals surface area contributed by atoms with Crippen LogP contribution in [-0.2, 0) is 4.79 Å². The number of hydrogen-bond acceptors (Lipinski definition) is 3. The number of likely N-dealkylation sites (tertiary alicyclic amines) is 1. The summed E-state index contributed by atoms with van der Waals surface area (Å²) >= 11 is 0. The van der Waals surface area contributed by atoms with Gasteiger partial charge >= 0.3 is 12.0 Å². The molecular weight excluding hydrogens is 258 g/mol. The lowest BCUT2D eigenvalue weighted by atomic mass is 9.87. The minimum Gasteiger partial charge on any atom is -0.480 e. The molecule has 0 unspecified atom stereocenters. The third-order valence-electron chi connectivity index (χ3n) is 3.78. The normalized spacial score (nSPS) is 19.4. The van der Waals surface area contributed by atoms with E-state index in [1.807, 2.05) is 0 Å². The van der Waals surface area contributed by atoms with Crippen LogP contribution in [0.5, 0.6) is 0 Å². The molecule has 0 saturated carbocycles. The number of piperidine rings is 1. The molecule has 1 heterocycles. The van der Waals surface area contributed by atoms with Crippen LogP contribution in [0.1, 0.15) is 33.6 Å². The average molecular weight is 285 g/mol. The Bertz CT molecular complexity index is 344. The Labute approximate surface area is 120 Å². The second-order valence-corrected chi connectivity index (χ2v) is 6.74. The second kappa shape index (κ2) is 6.92. The SMILES string of the molecule is CN1CCC(CNC(=O)N[C@H](C(=O)O)C(C)(C)C)CC1. The number of rotatable bonds is 4. The van der Waals surface area contributed by atoms with Crippen molar-refractivity contribution in [1.29, 1.82) is 0 Å². The molecule has 0 bridgehead atoms.